The SMILES string of the molecule is NC1CCC(n2c(S(=O)(=O)c3ccccc3)nc3cnc4[nH]ccc4c32)CC1. The molecule has 3 N–H and O–H groups in total. The van der Waals surface area contributed by atoms with E-state index in [4.69, 9.17) is 5.73 Å². The van der Waals surface area contributed by atoms with E-state index in [1.807, 2.05) is 16.8 Å². The zero-order chi connectivity index (χ0) is 19.3. The fourth-order valence-corrected chi connectivity index (χ4v) is 5.61. The van der Waals surface area contributed by atoms with Gasteiger partial charge in [0.2, 0.25) is 15.0 Å². The van der Waals surface area contributed by atoms with Crippen molar-refractivity contribution in [2.45, 2.75) is 47.8 Å². The van der Waals surface area contributed by atoms with Crippen molar-refractivity contribution >= 4 is 31.9 Å². The minimum Gasteiger partial charge on any atom is -0.346 e. The van der Waals surface area contributed by atoms with E-state index in [1.54, 1.807) is 36.5 Å². The number of pyridine rings is 1. The molecule has 1 saturated carbocycles. The third-order valence-electron chi connectivity index (χ3n) is 5.60. The van der Waals surface area contributed by atoms with E-state index in [0.29, 0.717) is 5.52 Å². The van der Waals surface area contributed by atoms with Crippen molar-refractivity contribution in [1.82, 2.24) is 19.5 Å². The number of aromatic nitrogens is 4. The van der Waals surface area contributed by atoms with E-state index in [2.05, 4.69) is 15.0 Å². The zero-order valence-corrected chi connectivity index (χ0v) is 16.1. The number of aromatic amines is 1. The van der Waals surface area contributed by atoms with Crippen LogP contribution in [0.2, 0.25) is 0 Å². The number of benzene rings is 1. The fourth-order valence-electron chi connectivity index (χ4n) is 4.16. The van der Waals surface area contributed by atoms with Gasteiger partial charge in [-0.05, 0) is 43.9 Å². The van der Waals surface area contributed by atoms with E-state index in [9.17, 15) is 8.42 Å². The minimum absolute atomic E-state index is 0.0405. The van der Waals surface area contributed by atoms with Gasteiger partial charge in [-0.1, -0.05) is 18.2 Å². The molecule has 1 aromatic carbocycles. The van der Waals surface area contributed by atoms with Crippen molar-refractivity contribution in [3.05, 3.63) is 48.8 Å². The van der Waals surface area contributed by atoms with Crippen molar-refractivity contribution in [3.8, 4) is 0 Å². The average molecular weight is 395 g/mol. The van der Waals surface area contributed by atoms with Gasteiger partial charge in [-0.2, -0.15) is 0 Å². The Morgan fingerprint density at radius 3 is 2.57 bits per heavy atom. The molecule has 7 nitrogen and oxygen atoms in total. The zero-order valence-electron chi connectivity index (χ0n) is 15.2. The van der Waals surface area contributed by atoms with Crippen molar-refractivity contribution < 1.29 is 8.42 Å². The van der Waals surface area contributed by atoms with Gasteiger partial charge in [0.25, 0.3) is 0 Å². The van der Waals surface area contributed by atoms with Gasteiger partial charge in [0.05, 0.1) is 16.6 Å². The Balaban J connectivity index is 1.80. The minimum atomic E-state index is -3.76. The molecule has 3 heterocycles. The number of rotatable bonds is 3. The smallest absolute Gasteiger partial charge is 0.240 e. The maximum absolute atomic E-state index is 13.5. The van der Waals surface area contributed by atoms with Crippen LogP contribution in [-0.4, -0.2) is 34.0 Å². The van der Waals surface area contributed by atoms with Gasteiger partial charge in [-0.25, -0.2) is 18.4 Å². The van der Waals surface area contributed by atoms with Crippen molar-refractivity contribution in [1.29, 1.82) is 0 Å². The first-order valence-electron chi connectivity index (χ1n) is 9.45. The largest absolute Gasteiger partial charge is 0.346 e. The predicted octanol–water partition coefficient (Wildman–Crippen LogP) is 3.19. The van der Waals surface area contributed by atoms with Crippen LogP contribution in [0, 0.1) is 0 Å². The highest BCUT2D eigenvalue weighted by Crippen LogP contribution is 2.37. The lowest BCUT2D eigenvalue weighted by Gasteiger charge is -2.28. The molecule has 0 unspecified atom stereocenters. The lowest BCUT2D eigenvalue weighted by Crippen LogP contribution is -2.29. The molecule has 4 aromatic rings. The summed E-state index contributed by atoms with van der Waals surface area (Å²) in [6.45, 7) is 0. The Labute approximate surface area is 162 Å². The predicted molar refractivity (Wildman–Crippen MR) is 107 cm³/mol. The van der Waals surface area contributed by atoms with Crippen molar-refractivity contribution in [2.24, 2.45) is 5.73 Å². The van der Waals surface area contributed by atoms with E-state index < -0.39 is 9.84 Å². The molecule has 28 heavy (non-hydrogen) atoms. The summed E-state index contributed by atoms with van der Waals surface area (Å²) >= 11 is 0. The number of fused-ring (bicyclic) bond motifs is 3. The van der Waals surface area contributed by atoms with Crippen LogP contribution in [0.5, 0.6) is 0 Å². The van der Waals surface area contributed by atoms with Crippen LogP contribution in [0.4, 0.5) is 0 Å². The number of imidazole rings is 1. The molecule has 8 heteroatoms. The summed E-state index contributed by atoms with van der Waals surface area (Å²) in [5.41, 5.74) is 8.23. The van der Waals surface area contributed by atoms with Gasteiger partial charge >= 0.3 is 0 Å². The molecule has 0 radical (unpaired) electrons. The molecule has 1 aliphatic rings. The average Bonchev–Trinajstić information content (AvgIpc) is 3.33. The molecule has 1 fully saturated rings. The molecular formula is C20H21N5O2S. The molecule has 0 bridgehead atoms. The summed E-state index contributed by atoms with van der Waals surface area (Å²) in [5.74, 6) is 0. The van der Waals surface area contributed by atoms with Gasteiger partial charge in [0.1, 0.15) is 11.2 Å². The summed E-state index contributed by atoms with van der Waals surface area (Å²) in [6.07, 6.45) is 6.86. The summed E-state index contributed by atoms with van der Waals surface area (Å²) in [7, 11) is -3.76. The molecule has 1 aliphatic carbocycles. The van der Waals surface area contributed by atoms with Gasteiger partial charge in [-0.15, -0.1) is 0 Å². The van der Waals surface area contributed by atoms with Crippen molar-refractivity contribution in [2.75, 3.05) is 0 Å². The van der Waals surface area contributed by atoms with Crippen LogP contribution < -0.4 is 5.73 Å². The second-order valence-corrected chi connectivity index (χ2v) is 9.22. The van der Waals surface area contributed by atoms with Crippen LogP contribution in [0.25, 0.3) is 22.1 Å². The number of hydrogen-bond acceptors (Lipinski definition) is 5. The first-order chi connectivity index (χ1) is 13.6. The van der Waals surface area contributed by atoms with Gasteiger partial charge in [0, 0.05) is 23.7 Å². The lowest BCUT2D eigenvalue weighted by atomic mass is 9.91. The maximum atomic E-state index is 13.5. The van der Waals surface area contributed by atoms with Crippen LogP contribution in [-0.2, 0) is 9.84 Å². The topological polar surface area (TPSA) is 107 Å². The summed E-state index contributed by atoms with van der Waals surface area (Å²) in [6, 6.07) is 10.6. The van der Waals surface area contributed by atoms with Crippen LogP contribution in [0.1, 0.15) is 31.7 Å². The third-order valence-corrected chi connectivity index (χ3v) is 7.26. The number of nitrogens with two attached hydrogens (primary N) is 1. The molecule has 5 rings (SSSR count). The summed E-state index contributed by atoms with van der Waals surface area (Å²) < 4.78 is 28.9. The van der Waals surface area contributed by atoms with E-state index >= 15 is 0 Å². The highest BCUT2D eigenvalue weighted by atomic mass is 32.2. The first-order valence-corrected chi connectivity index (χ1v) is 10.9. The number of hydrogen-bond donors (Lipinski definition) is 2. The molecule has 0 atom stereocenters. The Hall–Kier alpha value is -2.71. The van der Waals surface area contributed by atoms with E-state index in [-0.39, 0.29) is 22.1 Å². The number of sulfone groups is 1. The van der Waals surface area contributed by atoms with Crippen molar-refractivity contribution in [3.63, 3.8) is 0 Å². The molecule has 144 valence electrons. The van der Waals surface area contributed by atoms with E-state index in [0.717, 1.165) is 42.2 Å². The first kappa shape index (κ1) is 17.4. The van der Waals surface area contributed by atoms with E-state index in [1.165, 1.54) is 0 Å². The number of nitrogens with zero attached hydrogens (tertiary/aromatic N) is 3. The Kier molecular flexibility index (Phi) is 3.99. The second kappa shape index (κ2) is 6.42. The highest BCUT2D eigenvalue weighted by Gasteiger charge is 2.32. The fraction of sp³-hybridized carbons (Fsp3) is 0.300. The summed E-state index contributed by atoms with van der Waals surface area (Å²) in [4.78, 5) is 12.3. The Morgan fingerprint density at radius 2 is 1.82 bits per heavy atom. The molecule has 0 spiro atoms. The van der Waals surface area contributed by atoms with Crippen LogP contribution in [0.3, 0.4) is 0 Å². The number of nitrogens with one attached hydrogen (secondary N) is 1. The Morgan fingerprint density at radius 1 is 1.07 bits per heavy atom. The quantitative estimate of drug-likeness (QED) is 0.554. The second-order valence-electron chi connectivity index (χ2n) is 7.38. The van der Waals surface area contributed by atoms with Crippen LogP contribution >= 0.6 is 0 Å². The van der Waals surface area contributed by atoms with Crippen LogP contribution in [0.15, 0.2) is 58.8 Å². The van der Waals surface area contributed by atoms with Gasteiger partial charge in [-0.3, -0.25) is 0 Å². The van der Waals surface area contributed by atoms with Gasteiger partial charge in [0.15, 0.2) is 0 Å². The normalized spacial score (nSPS) is 20.8. The third kappa shape index (κ3) is 2.63. The number of H-pyrrole nitrogens is 1. The lowest BCUT2D eigenvalue weighted by molar-refractivity contribution is 0.314. The molecular weight excluding hydrogens is 374 g/mol. The van der Waals surface area contributed by atoms with Gasteiger partial charge < -0.3 is 15.3 Å². The molecule has 3 aromatic heterocycles. The summed E-state index contributed by atoms with van der Waals surface area (Å²) in [5, 5.41) is 0.971. The highest BCUT2D eigenvalue weighted by molar-refractivity contribution is 7.91. The standard InChI is InChI=1S/C20H21N5O2S/c21-13-6-8-14(9-7-13)25-18-16-10-11-22-19(16)23-12-17(18)24-20(25)28(26,27)15-4-2-1-3-5-15/h1-5,10-14H,6-9,21H2,(H,22,23). The maximum Gasteiger partial charge on any atom is 0.240 e. The molecule has 0 saturated heterocycles. The molecule has 0 amide bonds. The Bertz CT molecular complexity index is 1250. The molecule has 0 aliphatic heterocycles. The monoisotopic (exact) mass is 395 g/mol.